The summed E-state index contributed by atoms with van der Waals surface area (Å²) >= 11 is 6.03. The molecule has 0 amide bonds. The molecule has 0 spiro atoms. The van der Waals surface area contributed by atoms with Gasteiger partial charge in [0.25, 0.3) is 6.43 Å². The summed E-state index contributed by atoms with van der Waals surface area (Å²) < 4.78 is 25.5. The van der Waals surface area contributed by atoms with Crippen LogP contribution in [0.5, 0.6) is 0 Å². The number of nitrogens with zero attached hydrogens (tertiary/aromatic N) is 1. The van der Waals surface area contributed by atoms with Crippen molar-refractivity contribution < 1.29 is 8.78 Å². The summed E-state index contributed by atoms with van der Waals surface area (Å²) in [4.78, 5) is 4.03. The first-order valence-corrected chi connectivity index (χ1v) is 5.80. The van der Waals surface area contributed by atoms with Crippen molar-refractivity contribution in [3.8, 4) is 0 Å². The number of rotatable bonds is 1. The Labute approximate surface area is 107 Å². The first-order valence-electron chi connectivity index (χ1n) is 5.43. The van der Waals surface area contributed by atoms with E-state index in [9.17, 15) is 8.78 Å². The fraction of sp³-hybridized carbons (Fsp3) is 0.0714. The zero-order chi connectivity index (χ0) is 12.7. The lowest BCUT2D eigenvalue weighted by Gasteiger charge is -2.07. The van der Waals surface area contributed by atoms with E-state index in [2.05, 4.69) is 4.98 Å². The summed E-state index contributed by atoms with van der Waals surface area (Å²) in [5, 5.41) is 2.79. The van der Waals surface area contributed by atoms with Gasteiger partial charge in [-0.2, -0.15) is 0 Å². The Morgan fingerprint density at radius 3 is 2.56 bits per heavy atom. The lowest BCUT2D eigenvalue weighted by atomic mass is 10.1. The molecule has 3 aromatic rings. The lowest BCUT2D eigenvalue weighted by Crippen LogP contribution is -1.92. The van der Waals surface area contributed by atoms with Gasteiger partial charge in [-0.15, -0.1) is 0 Å². The average molecular weight is 264 g/mol. The third-order valence-electron chi connectivity index (χ3n) is 2.90. The van der Waals surface area contributed by atoms with Crippen LogP contribution in [0.3, 0.4) is 0 Å². The number of alkyl halides is 2. The molecular weight excluding hydrogens is 256 g/mol. The standard InChI is InChI=1S/C14H8ClF2N/c15-11-7-12(14(16)17)18-13-9-4-2-1-3-8(9)5-6-10(11)13/h1-7,14H. The normalized spacial score (nSPS) is 11.6. The molecule has 0 bridgehead atoms. The van der Waals surface area contributed by atoms with Gasteiger partial charge in [0.05, 0.1) is 10.5 Å². The molecule has 0 fully saturated rings. The van der Waals surface area contributed by atoms with Crippen LogP contribution in [0.2, 0.25) is 5.02 Å². The van der Waals surface area contributed by atoms with Crippen LogP contribution in [0.25, 0.3) is 21.7 Å². The molecule has 3 rings (SSSR count). The summed E-state index contributed by atoms with van der Waals surface area (Å²) in [6.07, 6.45) is -2.62. The van der Waals surface area contributed by atoms with Gasteiger partial charge in [0.2, 0.25) is 0 Å². The molecule has 1 aromatic heterocycles. The molecule has 0 unspecified atom stereocenters. The molecule has 0 saturated carbocycles. The molecular formula is C14H8ClF2N. The van der Waals surface area contributed by atoms with Crippen LogP contribution in [0, 0.1) is 0 Å². The predicted molar refractivity (Wildman–Crippen MR) is 69.2 cm³/mol. The number of benzene rings is 2. The van der Waals surface area contributed by atoms with E-state index in [-0.39, 0.29) is 5.69 Å². The van der Waals surface area contributed by atoms with Crippen molar-refractivity contribution in [1.29, 1.82) is 0 Å². The summed E-state index contributed by atoms with van der Waals surface area (Å²) in [6.45, 7) is 0. The molecule has 2 aromatic carbocycles. The van der Waals surface area contributed by atoms with E-state index in [1.807, 2.05) is 36.4 Å². The Balaban J connectivity index is 2.48. The topological polar surface area (TPSA) is 12.9 Å². The molecule has 0 atom stereocenters. The zero-order valence-electron chi connectivity index (χ0n) is 9.20. The maximum absolute atomic E-state index is 12.8. The largest absolute Gasteiger partial charge is 0.280 e. The van der Waals surface area contributed by atoms with Crippen molar-refractivity contribution in [3.63, 3.8) is 0 Å². The van der Waals surface area contributed by atoms with Crippen molar-refractivity contribution in [2.24, 2.45) is 0 Å². The molecule has 0 saturated heterocycles. The highest BCUT2D eigenvalue weighted by atomic mass is 35.5. The second-order valence-corrected chi connectivity index (χ2v) is 4.42. The van der Waals surface area contributed by atoms with Crippen LogP contribution in [-0.4, -0.2) is 4.98 Å². The molecule has 0 aliphatic rings. The van der Waals surface area contributed by atoms with Crippen LogP contribution in [0.4, 0.5) is 8.78 Å². The third kappa shape index (κ3) is 1.71. The molecule has 0 radical (unpaired) electrons. The average Bonchev–Trinajstić information content (AvgIpc) is 2.38. The minimum atomic E-state index is -2.62. The number of halogens is 3. The molecule has 1 heterocycles. The smallest absolute Gasteiger partial charge is 0.246 e. The fourth-order valence-electron chi connectivity index (χ4n) is 2.05. The number of aromatic nitrogens is 1. The maximum Gasteiger partial charge on any atom is 0.280 e. The number of fused-ring (bicyclic) bond motifs is 3. The maximum atomic E-state index is 12.8. The van der Waals surface area contributed by atoms with Gasteiger partial charge in [0, 0.05) is 10.8 Å². The summed E-state index contributed by atoms with van der Waals surface area (Å²) in [5.41, 5.74) is 0.236. The quantitative estimate of drug-likeness (QED) is 0.564. The highest BCUT2D eigenvalue weighted by Crippen LogP contribution is 2.31. The minimum absolute atomic E-state index is 0.288. The van der Waals surface area contributed by atoms with Gasteiger partial charge < -0.3 is 0 Å². The van der Waals surface area contributed by atoms with Crippen LogP contribution < -0.4 is 0 Å². The first-order chi connectivity index (χ1) is 8.66. The van der Waals surface area contributed by atoms with Gasteiger partial charge in [-0.25, -0.2) is 13.8 Å². The van der Waals surface area contributed by atoms with Crippen molar-refractivity contribution in [2.75, 3.05) is 0 Å². The predicted octanol–water partition coefficient (Wildman–Crippen LogP) is 4.98. The number of hydrogen-bond acceptors (Lipinski definition) is 1. The van der Waals surface area contributed by atoms with Gasteiger partial charge in [0.15, 0.2) is 0 Å². The van der Waals surface area contributed by atoms with E-state index in [0.717, 1.165) is 10.8 Å². The molecule has 0 aliphatic heterocycles. The molecule has 0 aliphatic carbocycles. The van der Waals surface area contributed by atoms with E-state index < -0.39 is 6.43 Å². The van der Waals surface area contributed by atoms with Gasteiger partial charge in [-0.3, -0.25) is 0 Å². The van der Waals surface area contributed by atoms with Gasteiger partial charge in [-0.05, 0) is 11.5 Å². The molecule has 0 N–H and O–H groups in total. The van der Waals surface area contributed by atoms with E-state index in [1.165, 1.54) is 6.07 Å². The Morgan fingerprint density at radius 1 is 1.00 bits per heavy atom. The number of hydrogen-bond donors (Lipinski definition) is 0. The van der Waals surface area contributed by atoms with Gasteiger partial charge in [0.1, 0.15) is 5.69 Å². The van der Waals surface area contributed by atoms with E-state index in [1.54, 1.807) is 0 Å². The van der Waals surface area contributed by atoms with Gasteiger partial charge >= 0.3 is 0 Å². The lowest BCUT2D eigenvalue weighted by molar-refractivity contribution is 0.146. The summed E-state index contributed by atoms with van der Waals surface area (Å²) in [5.74, 6) is 0. The monoisotopic (exact) mass is 263 g/mol. The van der Waals surface area contributed by atoms with Crippen molar-refractivity contribution in [2.45, 2.75) is 6.43 Å². The van der Waals surface area contributed by atoms with E-state index in [4.69, 9.17) is 11.6 Å². The Morgan fingerprint density at radius 2 is 1.78 bits per heavy atom. The molecule has 90 valence electrons. The Kier molecular flexibility index (Phi) is 2.63. The van der Waals surface area contributed by atoms with Crippen LogP contribution in [0.1, 0.15) is 12.1 Å². The van der Waals surface area contributed by atoms with E-state index >= 15 is 0 Å². The van der Waals surface area contributed by atoms with Crippen molar-refractivity contribution in [3.05, 3.63) is 53.2 Å². The Hall–Kier alpha value is -1.74. The Bertz CT molecular complexity index is 740. The second kappa shape index (κ2) is 4.18. The van der Waals surface area contributed by atoms with Crippen LogP contribution in [-0.2, 0) is 0 Å². The summed E-state index contributed by atoms with van der Waals surface area (Å²) in [7, 11) is 0. The molecule has 4 heteroatoms. The third-order valence-corrected chi connectivity index (χ3v) is 3.21. The second-order valence-electron chi connectivity index (χ2n) is 4.01. The molecule has 18 heavy (non-hydrogen) atoms. The highest BCUT2D eigenvalue weighted by molar-refractivity contribution is 6.36. The molecule has 1 nitrogen and oxygen atoms in total. The van der Waals surface area contributed by atoms with Crippen molar-refractivity contribution >= 4 is 33.3 Å². The van der Waals surface area contributed by atoms with Crippen molar-refractivity contribution in [1.82, 2.24) is 4.98 Å². The fourth-order valence-corrected chi connectivity index (χ4v) is 2.31. The first kappa shape index (κ1) is 11.4. The van der Waals surface area contributed by atoms with Crippen LogP contribution >= 0.6 is 11.6 Å². The minimum Gasteiger partial charge on any atom is -0.246 e. The number of pyridine rings is 1. The van der Waals surface area contributed by atoms with E-state index in [0.29, 0.717) is 15.9 Å². The zero-order valence-corrected chi connectivity index (χ0v) is 9.96. The summed E-state index contributed by atoms with van der Waals surface area (Å²) in [6, 6.07) is 12.5. The highest BCUT2D eigenvalue weighted by Gasteiger charge is 2.13. The van der Waals surface area contributed by atoms with Gasteiger partial charge in [-0.1, -0.05) is 48.0 Å². The van der Waals surface area contributed by atoms with Crippen LogP contribution in [0.15, 0.2) is 42.5 Å². The SMILES string of the molecule is FC(F)c1cc(Cl)c2ccc3ccccc3c2n1.